The second kappa shape index (κ2) is 9.94. The van der Waals surface area contributed by atoms with Crippen LogP contribution in [-0.2, 0) is 14.3 Å². The van der Waals surface area contributed by atoms with E-state index in [4.69, 9.17) is 14.9 Å². The van der Waals surface area contributed by atoms with E-state index in [1.165, 1.54) is 10.9 Å². The summed E-state index contributed by atoms with van der Waals surface area (Å²) in [6, 6.07) is 0. The van der Waals surface area contributed by atoms with Gasteiger partial charge in [-0.2, -0.15) is 4.98 Å². The molecule has 1 amide bonds. The summed E-state index contributed by atoms with van der Waals surface area (Å²) in [7, 11) is 0. The van der Waals surface area contributed by atoms with Crippen molar-refractivity contribution in [2.24, 2.45) is 11.8 Å². The number of aliphatic carboxylic acids is 1. The predicted molar refractivity (Wildman–Crippen MR) is 106 cm³/mol. The van der Waals surface area contributed by atoms with Crippen LogP contribution >= 0.6 is 0 Å². The van der Waals surface area contributed by atoms with Crippen LogP contribution in [0, 0.1) is 11.8 Å². The number of aromatic amines is 1. The molecule has 0 saturated carbocycles. The Labute approximate surface area is 176 Å². The summed E-state index contributed by atoms with van der Waals surface area (Å²) in [6.07, 6.45) is -4.58. The van der Waals surface area contributed by atoms with Gasteiger partial charge in [0.15, 0.2) is 23.6 Å². The second-order valence-electron chi connectivity index (χ2n) is 7.56. The van der Waals surface area contributed by atoms with Crippen LogP contribution in [0.2, 0.25) is 0 Å². The Morgan fingerprint density at radius 1 is 1.32 bits per heavy atom. The van der Waals surface area contributed by atoms with Crippen molar-refractivity contribution in [3.05, 3.63) is 16.7 Å². The van der Waals surface area contributed by atoms with Gasteiger partial charge in [0.05, 0.1) is 18.9 Å². The lowest BCUT2D eigenvalue weighted by Crippen LogP contribution is -2.29. The summed E-state index contributed by atoms with van der Waals surface area (Å²) in [4.78, 5) is 44.0. The number of H-pyrrole nitrogens is 1. The molecule has 2 aromatic heterocycles. The van der Waals surface area contributed by atoms with Crippen LogP contribution in [0.1, 0.15) is 33.9 Å². The summed E-state index contributed by atoms with van der Waals surface area (Å²) in [5, 5.41) is 29.6. The second-order valence-corrected chi connectivity index (χ2v) is 7.56. The molecule has 1 aliphatic rings. The third kappa shape index (κ3) is 5.42. The van der Waals surface area contributed by atoms with E-state index in [1.807, 2.05) is 0 Å². The summed E-state index contributed by atoms with van der Waals surface area (Å²) in [6.45, 7) is 6.03. The Morgan fingerprint density at radius 2 is 1.94 bits per heavy atom. The number of aliphatic hydroxyl groups is 2. The number of ether oxygens (including phenoxy) is 1. The van der Waals surface area contributed by atoms with Gasteiger partial charge in [-0.15, -0.1) is 0 Å². The number of carbonyl (C=O) groups excluding carboxylic acids is 1. The molecule has 1 saturated heterocycles. The molecule has 2 aromatic rings. The molecule has 5 N–H and O–H groups in total. The molecule has 12 nitrogen and oxygen atoms in total. The fraction of sp³-hybridized carbons (Fsp3) is 0.611. The molecule has 0 aromatic carbocycles. The van der Waals surface area contributed by atoms with Crippen molar-refractivity contribution >= 4 is 29.0 Å². The number of hydrogen-bond donors (Lipinski definition) is 5. The van der Waals surface area contributed by atoms with E-state index >= 15 is 0 Å². The van der Waals surface area contributed by atoms with Gasteiger partial charge in [0.25, 0.3) is 5.56 Å². The van der Waals surface area contributed by atoms with Crippen LogP contribution in [0.25, 0.3) is 11.2 Å². The smallest absolute Gasteiger partial charge is 0.305 e. The van der Waals surface area contributed by atoms with E-state index < -0.39 is 42.7 Å². The molecule has 0 spiro atoms. The van der Waals surface area contributed by atoms with Gasteiger partial charge in [0.1, 0.15) is 12.2 Å². The molecule has 0 radical (unpaired) electrons. The van der Waals surface area contributed by atoms with Crippen molar-refractivity contribution in [1.29, 1.82) is 0 Å². The topological polar surface area (TPSA) is 180 Å². The number of fused-ring (bicyclic) bond motifs is 1. The van der Waals surface area contributed by atoms with Gasteiger partial charge >= 0.3 is 5.97 Å². The monoisotopic (exact) mass is 443 g/mol. The van der Waals surface area contributed by atoms with Gasteiger partial charge < -0.3 is 20.1 Å². The van der Waals surface area contributed by atoms with E-state index in [0.29, 0.717) is 0 Å². The zero-order chi connectivity index (χ0) is 23.5. The molecular weight excluding hydrogens is 417 g/mol. The number of imidazole rings is 1. The Hall–Kier alpha value is -2.90. The number of nitrogens with zero attached hydrogens (tertiary/aromatic N) is 3. The largest absolute Gasteiger partial charge is 0.481 e. The van der Waals surface area contributed by atoms with Gasteiger partial charge in [-0.25, -0.2) is 9.37 Å². The Balaban J connectivity index is 0.000000501. The Kier molecular flexibility index (Phi) is 7.81. The van der Waals surface area contributed by atoms with E-state index in [-0.39, 0.29) is 34.9 Å². The van der Waals surface area contributed by atoms with Crippen molar-refractivity contribution in [3.63, 3.8) is 0 Å². The first-order valence-electron chi connectivity index (χ1n) is 9.56. The van der Waals surface area contributed by atoms with E-state index in [2.05, 4.69) is 20.3 Å². The zero-order valence-electron chi connectivity index (χ0n) is 17.4. The molecule has 3 rings (SSSR count). The number of aliphatic hydroxyl groups excluding tert-OH is 2. The van der Waals surface area contributed by atoms with Crippen LogP contribution in [0.4, 0.5) is 10.3 Å². The number of aromatic nitrogens is 4. The first-order chi connectivity index (χ1) is 14.5. The van der Waals surface area contributed by atoms with Gasteiger partial charge in [0.2, 0.25) is 11.9 Å². The van der Waals surface area contributed by atoms with Crippen molar-refractivity contribution in [3.8, 4) is 0 Å². The van der Waals surface area contributed by atoms with Gasteiger partial charge in [-0.3, -0.25) is 29.3 Å². The molecule has 0 bridgehead atoms. The van der Waals surface area contributed by atoms with E-state index in [1.54, 1.807) is 27.7 Å². The quantitative estimate of drug-likeness (QED) is 0.426. The van der Waals surface area contributed by atoms with Crippen LogP contribution in [0.15, 0.2) is 11.1 Å². The number of carbonyl (C=O) groups is 2. The Morgan fingerprint density at radius 3 is 2.42 bits per heavy atom. The highest BCUT2D eigenvalue weighted by atomic mass is 19.1. The molecule has 0 unspecified atom stereocenters. The number of hydrogen-bond acceptors (Lipinski definition) is 8. The lowest BCUT2D eigenvalue weighted by molar-refractivity contribution is -0.140. The van der Waals surface area contributed by atoms with Crippen molar-refractivity contribution in [2.45, 2.75) is 52.3 Å². The highest BCUT2D eigenvalue weighted by molar-refractivity contribution is 5.91. The SMILES string of the molecule is CC(C)C(=O)Nc1nc2c(ncn2[C@@H]2O[C@H](CO)[C@@H](F)[C@H]2O)c(=O)[nH]1.CC(C)C(=O)O. The van der Waals surface area contributed by atoms with Crippen LogP contribution in [-0.4, -0.2) is 71.7 Å². The van der Waals surface area contributed by atoms with Crippen LogP contribution in [0.5, 0.6) is 0 Å². The van der Waals surface area contributed by atoms with Crippen LogP contribution in [0.3, 0.4) is 0 Å². The fourth-order valence-electron chi connectivity index (χ4n) is 2.52. The normalized spacial score (nSPS) is 23.1. The van der Waals surface area contributed by atoms with Crippen molar-refractivity contribution < 1.29 is 34.0 Å². The summed E-state index contributed by atoms with van der Waals surface area (Å²) < 4.78 is 20.4. The lowest BCUT2D eigenvalue weighted by Gasteiger charge is -2.16. The lowest BCUT2D eigenvalue weighted by atomic mass is 10.1. The minimum Gasteiger partial charge on any atom is -0.481 e. The van der Waals surface area contributed by atoms with Gasteiger partial charge in [0, 0.05) is 5.92 Å². The maximum absolute atomic E-state index is 13.9. The third-order valence-electron chi connectivity index (χ3n) is 4.43. The number of carboxylic acid groups (broad SMARTS) is 1. The number of carboxylic acids is 1. The van der Waals surface area contributed by atoms with Gasteiger partial charge in [-0.05, 0) is 0 Å². The zero-order valence-corrected chi connectivity index (χ0v) is 17.4. The number of anilines is 1. The minimum absolute atomic E-state index is 0.0117. The molecule has 4 atom stereocenters. The molecule has 1 aliphatic heterocycles. The fourth-order valence-corrected chi connectivity index (χ4v) is 2.52. The summed E-state index contributed by atoms with van der Waals surface area (Å²) in [5.74, 6) is -1.75. The third-order valence-corrected chi connectivity index (χ3v) is 4.43. The molecule has 31 heavy (non-hydrogen) atoms. The molecule has 3 heterocycles. The Bertz CT molecular complexity index is 989. The number of amides is 1. The highest BCUT2D eigenvalue weighted by Gasteiger charge is 2.45. The number of rotatable bonds is 5. The standard InChI is InChI=1S/C14H18FN5O5.C4H8O2/c1-5(2)11(23)18-14-17-10-8(12(24)19-14)16-4-20(10)13-9(22)7(15)6(3-21)25-13;1-3(2)4(5)6/h4-7,9,13,21-22H,3H2,1-2H3,(H2,17,18,19,23,24);3H,1-2H3,(H,5,6)/t6-,7-,9-,13-;/m1./s1. The maximum atomic E-state index is 13.9. The highest BCUT2D eigenvalue weighted by Crippen LogP contribution is 2.32. The molecule has 1 fully saturated rings. The average Bonchev–Trinajstić information content (AvgIpc) is 3.23. The average molecular weight is 443 g/mol. The number of nitrogens with one attached hydrogen (secondary N) is 2. The molecule has 0 aliphatic carbocycles. The van der Waals surface area contributed by atoms with E-state index in [9.17, 15) is 23.9 Å². The van der Waals surface area contributed by atoms with E-state index in [0.717, 1.165) is 0 Å². The summed E-state index contributed by atoms with van der Waals surface area (Å²) in [5.41, 5.74) is -0.648. The maximum Gasteiger partial charge on any atom is 0.305 e. The minimum atomic E-state index is -1.80. The van der Waals surface area contributed by atoms with Crippen LogP contribution < -0.4 is 10.9 Å². The molecule has 172 valence electrons. The van der Waals surface area contributed by atoms with Crippen molar-refractivity contribution in [2.75, 3.05) is 11.9 Å². The molecule has 13 heteroatoms. The number of alkyl halides is 1. The van der Waals surface area contributed by atoms with Crippen molar-refractivity contribution in [1.82, 2.24) is 19.5 Å². The van der Waals surface area contributed by atoms with Gasteiger partial charge in [-0.1, -0.05) is 27.7 Å². The predicted octanol–water partition coefficient (Wildman–Crippen LogP) is 0.0298. The number of halogens is 1. The first-order valence-corrected chi connectivity index (χ1v) is 9.56. The summed E-state index contributed by atoms with van der Waals surface area (Å²) >= 11 is 0. The first kappa shape index (κ1) is 24.4. The molecular formula is C18H26FN5O7.